The summed E-state index contributed by atoms with van der Waals surface area (Å²) in [5.41, 5.74) is 0. The van der Waals surface area contributed by atoms with Crippen molar-refractivity contribution in [2.24, 2.45) is 0 Å². The molecule has 0 aromatic carbocycles. The Hall–Kier alpha value is -2.23. The van der Waals surface area contributed by atoms with Gasteiger partial charge < -0.3 is 20.1 Å². The van der Waals surface area contributed by atoms with E-state index in [0.29, 0.717) is 32.3 Å². The van der Waals surface area contributed by atoms with Crippen LogP contribution >= 0.6 is 0 Å². The largest absolute Gasteiger partial charge is 0.464 e. The summed E-state index contributed by atoms with van der Waals surface area (Å²) >= 11 is 0. The van der Waals surface area contributed by atoms with Crippen LogP contribution in [0.25, 0.3) is 0 Å². The van der Waals surface area contributed by atoms with Crippen molar-refractivity contribution < 1.29 is 23.9 Å². The summed E-state index contributed by atoms with van der Waals surface area (Å²) in [6, 6.07) is -1.52. The van der Waals surface area contributed by atoms with E-state index in [1.165, 1.54) is 0 Å². The normalized spacial score (nSPS) is 12.4. The maximum absolute atomic E-state index is 12.5. The van der Waals surface area contributed by atoms with Gasteiger partial charge in [0, 0.05) is 0 Å². The number of ether oxygens (including phenoxy) is 2. The third-order valence-electron chi connectivity index (χ3n) is 3.89. The molecule has 0 saturated carbocycles. The Morgan fingerprint density at radius 2 is 1.56 bits per heavy atom. The highest BCUT2D eigenvalue weighted by Gasteiger charge is 2.27. The number of nitrogens with one attached hydrogen (secondary N) is 2. The Balaban J connectivity index is 4.67. The fourth-order valence-electron chi connectivity index (χ4n) is 2.46. The molecular formula is C20H34N2O5. The third kappa shape index (κ3) is 11.9. The molecule has 0 fully saturated rings. The highest BCUT2D eigenvalue weighted by atomic mass is 16.5. The summed E-state index contributed by atoms with van der Waals surface area (Å²) in [5.74, 6) is 1.31. The van der Waals surface area contributed by atoms with Crippen LogP contribution in [0.5, 0.6) is 0 Å². The molecule has 0 spiro atoms. The zero-order valence-corrected chi connectivity index (χ0v) is 16.8. The van der Waals surface area contributed by atoms with Crippen molar-refractivity contribution in [2.45, 2.75) is 84.2 Å². The Bertz CT molecular complexity index is 487. The van der Waals surface area contributed by atoms with Gasteiger partial charge in [-0.1, -0.05) is 58.8 Å². The number of hydrogen-bond donors (Lipinski definition) is 2. The standard InChI is InChI=1S/C20H34N2O5/c1-5-9-10-11-15-26-19(24)17(13-7-3)21-18(23)16(12-6-2)22-20(25)27-14-8-4/h4,16-17H,5-7,9-15H2,1-3H3,(H,21,23)(H,22,25). The van der Waals surface area contributed by atoms with Gasteiger partial charge in [-0.05, 0) is 19.3 Å². The summed E-state index contributed by atoms with van der Waals surface area (Å²) in [5, 5.41) is 5.18. The molecule has 0 aliphatic rings. The SMILES string of the molecule is C#CCOC(=O)NC(CCC)C(=O)NC(CCC)C(=O)OCCCCCC. The van der Waals surface area contributed by atoms with Crippen molar-refractivity contribution in [1.82, 2.24) is 10.6 Å². The number of rotatable bonds is 14. The van der Waals surface area contributed by atoms with Crippen LogP contribution in [-0.2, 0) is 19.1 Å². The fraction of sp³-hybridized carbons (Fsp3) is 0.750. The molecule has 27 heavy (non-hydrogen) atoms. The van der Waals surface area contributed by atoms with Crippen molar-refractivity contribution in [3.8, 4) is 12.3 Å². The molecule has 0 radical (unpaired) electrons. The molecule has 0 saturated heterocycles. The van der Waals surface area contributed by atoms with E-state index in [4.69, 9.17) is 15.9 Å². The first kappa shape index (κ1) is 24.8. The van der Waals surface area contributed by atoms with Gasteiger partial charge in [0.25, 0.3) is 0 Å². The van der Waals surface area contributed by atoms with Crippen LogP contribution in [0.1, 0.15) is 72.1 Å². The molecule has 0 aliphatic heterocycles. The predicted octanol–water partition coefficient (Wildman–Crippen LogP) is 2.92. The maximum atomic E-state index is 12.5. The van der Waals surface area contributed by atoms with Crippen molar-refractivity contribution in [2.75, 3.05) is 13.2 Å². The Labute approximate surface area is 162 Å². The molecule has 0 aromatic heterocycles. The molecule has 0 aliphatic carbocycles. The third-order valence-corrected chi connectivity index (χ3v) is 3.89. The van der Waals surface area contributed by atoms with Gasteiger partial charge in [0.05, 0.1) is 6.61 Å². The monoisotopic (exact) mass is 382 g/mol. The van der Waals surface area contributed by atoms with Crippen molar-refractivity contribution >= 4 is 18.0 Å². The quantitative estimate of drug-likeness (QED) is 0.274. The maximum Gasteiger partial charge on any atom is 0.408 e. The van der Waals surface area contributed by atoms with Gasteiger partial charge in [-0.3, -0.25) is 4.79 Å². The summed E-state index contributed by atoms with van der Waals surface area (Å²) < 4.78 is 10.0. The molecule has 0 rings (SSSR count). The number of alkyl carbamates (subject to hydrolysis) is 1. The van der Waals surface area contributed by atoms with E-state index in [-0.39, 0.29) is 6.61 Å². The highest BCUT2D eigenvalue weighted by molar-refractivity contribution is 5.89. The van der Waals surface area contributed by atoms with Crippen molar-refractivity contribution in [3.05, 3.63) is 0 Å². The van der Waals surface area contributed by atoms with E-state index in [1.807, 2.05) is 13.8 Å². The molecule has 2 N–H and O–H groups in total. The first-order valence-electron chi connectivity index (χ1n) is 9.83. The van der Waals surface area contributed by atoms with Crippen molar-refractivity contribution in [3.63, 3.8) is 0 Å². The first-order valence-corrected chi connectivity index (χ1v) is 9.83. The minimum absolute atomic E-state index is 0.172. The average molecular weight is 383 g/mol. The molecule has 154 valence electrons. The number of carbonyl (C=O) groups is 3. The Morgan fingerprint density at radius 1 is 0.889 bits per heavy atom. The highest BCUT2D eigenvalue weighted by Crippen LogP contribution is 2.05. The van der Waals surface area contributed by atoms with E-state index in [1.54, 1.807) is 0 Å². The number of hydrogen-bond acceptors (Lipinski definition) is 5. The topological polar surface area (TPSA) is 93.7 Å². The van der Waals surface area contributed by atoms with Crippen LogP contribution < -0.4 is 10.6 Å². The molecule has 2 atom stereocenters. The number of unbranched alkanes of at least 4 members (excludes halogenated alkanes) is 3. The molecule has 0 aromatic rings. The summed E-state index contributed by atoms with van der Waals surface area (Å²) in [7, 11) is 0. The average Bonchev–Trinajstić information content (AvgIpc) is 2.65. The van der Waals surface area contributed by atoms with E-state index in [9.17, 15) is 14.4 Å². The number of esters is 1. The van der Waals surface area contributed by atoms with Crippen LogP contribution in [0.3, 0.4) is 0 Å². The summed E-state index contributed by atoms with van der Waals surface area (Å²) in [6.45, 7) is 6.11. The number of terminal acetylenes is 1. The molecule has 2 amide bonds. The number of carbonyl (C=O) groups excluding carboxylic acids is 3. The molecule has 0 bridgehead atoms. The second-order valence-electron chi connectivity index (χ2n) is 6.34. The summed E-state index contributed by atoms with van der Waals surface area (Å²) in [6.07, 6.45) is 10.6. The van der Waals surface area contributed by atoms with Gasteiger partial charge >= 0.3 is 12.1 Å². The minimum atomic E-state index is -0.794. The molecule has 7 nitrogen and oxygen atoms in total. The van der Waals surface area contributed by atoms with Crippen LogP contribution in [0.2, 0.25) is 0 Å². The lowest BCUT2D eigenvalue weighted by atomic mass is 10.1. The van der Waals surface area contributed by atoms with Crippen LogP contribution in [0.15, 0.2) is 0 Å². The van der Waals surface area contributed by atoms with Gasteiger partial charge in [0.2, 0.25) is 5.91 Å². The lowest BCUT2D eigenvalue weighted by molar-refractivity contribution is -0.148. The smallest absolute Gasteiger partial charge is 0.408 e. The van der Waals surface area contributed by atoms with E-state index >= 15 is 0 Å². The Morgan fingerprint density at radius 3 is 2.15 bits per heavy atom. The molecule has 0 heterocycles. The molecule has 7 heteroatoms. The van der Waals surface area contributed by atoms with Crippen LogP contribution in [0.4, 0.5) is 4.79 Å². The fourth-order valence-corrected chi connectivity index (χ4v) is 2.46. The zero-order chi connectivity index (χ0) is 20.5. The second kappa shape index (κ2) is 16.0. The van der Waals surface area contributed by atoms with Gasteiger partial charge in [-0.15, -0.1) is 6.42 Å². The summed E-state index contributed by atoms with van der Waals surface area (Å²) in [4.78, 5) is 36.5. The van der Waals surface area contributed by atoms with Crippen LogP contribution in [-0.4, -0.2) is 43.3 Å². The Kier molecular flexibility index (Phi) is 14.7. The van der Waals surface area contributed by atoms with Gasteiger partial charge in [0.15, 0.2) is 6.61 Å². The van der Waals surface area contributed by atoms with E-state index in [2.05, 4.69) is 23.5 Å². The van der Waals surface area contributed by atoms with E-state index in [0.717, 1.165) is 25.7 Å². The van der Waals surface area contributed by atoms with Gasteiger partial charge in [-0.2, -0.15) is 0 Å². The second-order valence-corrected chi connectivity index (χ2v) is 6.34. The van der Waals surface area contributed by atoms with Gasteiger partial charge in [0.1, 0.15) is 12.1 Å². The molecular weight excluding hydrogens is 348 g/mol. The lowest BCUT2D eigenvalue weighted by Gasteiger charge is -2.22. The van der Waals surface area contributed by atoms with Crippen molar-refractivity contribution in [1.29, 1.82) is 0 Å². The van der Waals surface area contributed by atoms with E-state index < -0.39 is 30.1 Å². The van der Waals surface area contributed by atoms with Crippen LogP contribution in [0, 0.1) is 12.3 Å². The lowest BCUT2D eigenvalue weighted by Crippen LogP contribution is -2.52. The van der Waals surface area contributed by atoms with Gasteiger partial charge in [-0.25, -0.2) is 9.59 Å². The molecule has 2 unspecified atom stereocenters. The first-order chi connectivity index (χ1) is 13.0. The zero-order valence-electron chi connectivity index (χ0n) is 16.8. The predicted molar refractivity (Wildman–Crippen MR) is 104 cm³/mol. The minimum Gasteiger partial charge on any atom is -0.464 e. The number of amides is 2.